The zero-order valence-electron chi connectivity index (χ0n) is 15.4. The molecule has 1 aromatic carbocycles. The summed E-state index contributed by atoms with van der Waals surface area (Å²) < 4.78 is 50.8. The largest absolute Gasteiger partial charge is 0.452 e. The maximum atomic E-state index is 14.1. The van der Waals surface area contributed by atoms with E-state index in [1.165, 1.54) is 4.31 Å². The molecule has 0 saturated carbocycles. The van der Waals surface area contributed by atoms with Crippen molar-refractivity contribution < 1.29 is 31.9 Å². The van der Waals surface area contributed by atoms with E-state index in [2.05, 4.69) is 0 Å². The molecule has 0 aliphatic carbocycles. The van der Waals surface area contributed by atoms with Gasteiger partial charge in [-0.05, 0) is 37.5 Å². The van der Waals surface area contributed by atoms with Crippen molar-refractivity contribution in [1.82, 2.24) is 9.21 Å². The quantitative estimate of drug-likeness (QED) is 0.668. The third-order valence-corrected chi connectivity index (χ3v) is 6.70. The Labute approximate surface area is 163 Å². The fourth-order valence-electron chi connectivity index (χ4n) is 3.20. The van der Waals surface area contributed by atoms with Gasteiger partial charge in [0.25, 0.3) is 5.91 Å². The lowest BCUT2D eigenvalue weighted by molar-refractivity contribution is -0.135. The molecule has 2 fully saturated rings. The van der Waals surface area contributed by atoms with E-state index in [9.17, 15) is 22.4 Å². The molecule has 1 aromatic rings. The van der Waals surface area contributed by atoms with Gasteiger partial charge in [-0.1, -0.05) is 0 Å². The summed E-state index contributed by atoms with van der Waals surface area (Å²) in [6, 6.07) is 2.97. The highest BCUT2D eigenvalue weighted by molar-refractivity contribution is 7.89. The van der Waals surface area contributed by atoms with Gasteiger partial charge in [-0.15, -0.1) is 0 Å². The molecule has 8 nitrogen and oxygen atoms in total. The van der Waals surface area contributed by atoms with Crippen molar-refractivity contribution in [2.24, 2.45) is 0 Å². The number of amides is 1. The molecule has 0 unspecified atom stereocenters. The lowest BCUT2D eigenvalue weighted by atomic mass is 10.1. The number of halogens is 1. The topological polar surface area (TPSA) is 93.2 Å². The van der Waals surface area contributed by atoms with Gasteiger partial charge in [-0.2, -0.15) is 4.31 Å². The van der Waals surface area contributed by atoms with Crippen molar-refractivity contribution in [3.8, 4) is 0 Å². The summed E-state index contributed by atoms with van der Waals surface area (Å²) in [5.41, 5.74) is -0.513. The van der Waals surface area contributed by atoms with Crippen LogP contribution in [0, 0.1) is 5.82 Å². The van der Waals surface area contributed by atoms with E-state index in [1.54, 1.807) is 4.90 Å². The molecule has 1 amide bonds. The molecule has 2 heterocycles. The van der Waals surface area contributed by atoms with E-state index in [0.29, 0.717) is 13.1 Å². The van der Waals surface area contributed by atoms with Gasteiger partial charge in [0, 0.05) is 26.2 Å². The van der Waals surface area contributed by atoms with Crippen LogP contribution in [0.3, 0.4) is 0 Å². The molecule has 0 bridgehead atoms. The van der Waals surface area contributed by atoms with Crippen molar-refractivity contribution in [1.29, 1.82) is 0 Å². The Morgan fingerprint density at radius 2 is 1.75 bits per heavy atom. The van der Waals surface area contributed by atoms with Crippen LogP contribution in [0.5, 0.6) is 0 Å². The minimum absolute atomic E-state index is 0.184. The van der Waals surface area contributed by atoms with Crippen LogP contribution in [-0.4, -0.2) is 75.5 Å². The highest BCUT2D eigenvalue weighted by atomic mass is 32.2. The molecule has 2 saturated heterocycles. The summed E-state index contributed by atoms with van der Waals surface area (Å²) in [6.07, 6.45) is 2.85. The summed E-state index contributed by atoms with van der Waals surface area (Å²) in [5.74, 6) is -2.32. The number of carbonyl (C=O) groups is 2. The first-order valence-corrected chi connectivity index (χ1v) is 10.7. The van der Waals surface area contributed by atoms with Crippen molar-refractivity contribution in [3.05, 3.63) is 29.6 Å². The van der Waals surface area contributed by atoms with Crippen LogP contribution in [0.1, 0.15) is 29.6 Å². The van der Waals surface area contributed by atoms with Crippen molar-refractivity contribution in [3.63, 3.8) is 0 Å². The Kier molecular flexibility index (Phi) is 6.63. The average molecular weight is 414 g/mol. The number of ether oxygens (including phenoxy) is 2. The molecule has 0 spiro atoms. The molecule has 0 N–H and O–H groups in total. The first-order chi connectivity index (χ1) is 13.4. The number of morpholine rings is 1. The number of piperidine rings is 1. The molecule has 0 radical (unpaired) electrons. The third-order valence-electron chi connectivity index (χ3n) is 4.80. The van der Waals surface area contributed by atoms with Gasteiger partial charge in [0.15, 0.2) is 6.61 Å². The number of esters is 1. The standard InChI is InChI=1S/C18H23FN2O6S/c19-16-5-4-14(28(24,25)21-8-10-26-11-9-21)12-15(16)18(23)27-13-17(22)20-6-2-1-3-7-20/h4-5,12H,1-3,6-11,13H2. The second kappa shape index (κ2) is 8.97. The van der Waals surface area contributed by atoms with Crippen LogP contribution in [0.15, 0.2) is 23.1 Å². The second-order valence-electron chi connectivity index (χ2n) is 6.68. The zero-order chi connectivity index (χ0) is 20.1. The lowest BCUT2D eigenvalue weighted by Crippen LogP contribution is -2.40. The molecule has 3 rings (SSSR count). The van der Waals surface area contributed by atoms with Crippen LogP contribution in [0.2, 0.25) is 0 Å². The predicted molar refractivity (Wildman–Crippen MR) is 96.7 cm³/mol. The molecule has 28 heavy (non-hydrogen) atoms. The Morgan fingerprint density at radius 1 is 1.07 bits per heavy atom. The summed E-state index contributed by atoms with van der Waals surface area (Å²) in [4.78, 5) is 25.7. The number of hydrogen-bond donors (Lipinski definition) is 0. The van der Waals surface area contributed by atoms with Gasteiger partial charge < -0.3 is 14.4 Å². The monoisotopic (exact) mass is 414 g/mol. The van der Waals surface area contributed by atoms with E-state index in [1.807, 2.05) is 0 Å². The maximum absolute atomic E-state index is 14.1. The van der Waals surface area contributed by atoms with Crippen LogP contribution in [0.4, 0.5) is 4.39 Å². The second-order valence-corrected chi connectivity index (χ2v) is 8.61. The molecular formula is C18H23FN2O6S. The Morgan fingerprint density at radius 3 is 2.43 bits per heavy atom. The number of hydrogen-bond acceptors (Lipinski definition) is 6. The van der Waals surface area contributed by atoms with Crippen LogP contribution >= 0.6 is 0 Å². The minimum Gasteiger partial charge on any atom is -0.452 e. The van der Waals surface area contributed by atoms with E-state index in [0.717, 1.165) is 37.5 Å². The Bertz CT molecular complexity index is 832. The van der Waals surface area contributed by atoms with Gasteiger partial charge in [-0.3, -0.25) is 4.79 Å². The first kappa shape index (κ1) is 20.7. The molecule has 2 aliphatic rings. The predicted octanol–water partition coefficient (Wildman–Crippen LogP) is 1.02. The van der Waals surface area contributed by atoms with Gasteiger partial charge in [0.1, 0.15) is 5.82 Å². The van der Waals surface area contributed by atoms with E-state index >= 15 is 0 Å². The highest BCUT2D eigenvalue weighted by Crippen LogP contribution is 2.21. The smallest absolute Gasteiger partial charge is 0.341 e. The number of nitrogens with zero attached hydrogens (tertiary/aromatic N) is 2. The van der Waals surface area contributed by atoms with E-state index in [-0.39, 0.29) is 37.1 Å². The van der Waals surface area contributed by atoms with Crippen LogP contribution < -0.4 is 0 Å². The van der Waals surface area contributed by atoms with Crippen molar-refractivity contribution in [2.75, 3.05) is 46.0 Å². The summed E-state index contributed by atoms with van der Waals surface area (Å²) in [7, 11) is -3.88. The summed E-state index contributed by atoms with van der Waals surface area (Å²) in [5, 5.41) is 0. The number of carbonyl (C=O) groups excluding carboxylic acids is 2. The SMILES string of the molecule is O=C(OCC(=O)N1CCCCC1)c1cc(S(=O)(=O)N2CCOCC2)ccc1F. The fraction of sp³-hybridized carbons (Fsp3) is 0.556. The van der Waals surface area contributed by atoms with E-state index in [4.69, 9.17) is 9.47 Å². The summed E-state index contributed by atoms with van der Waals surface area (Å²) in [6.45, 7) is 1.63. The average Bonchev–Trinajstić information content (AvgIpc) is 2.73. The highest BCUT2D eigenvalue weighted by Gasteiger charge is 2.28. The van der Waals surface area contributed by atoms with Crippen molar-refractivity contribution >= 4 is 21.9 Å². The number of rotatable bonds is 5. The van der Waals surface area contributed by atoms with E-state index < -0.39 is 34.0 Å². The van der Waals surface area contributed by atoms with Gasteiger partial charge in [-0.25, -0.2) is 17.6 Å². The maximum Gasteiger partial charge on any atom is 0.341 e. The lowest BCUT2D eigenvalue weighted by Gasteiger charge is -2.26. The molecule has 10 heteroatoms. The van der Waals surface area contributed by atoms with Gasteiger partial charge in [0.2, 0.25) is 10.0 Å². The first-order valence-electron chi connectivity index (χ1n) is 9.22. The molecule has 0 atom stereocenters. The molecule has 0 aromatic heterocycles. The van der Waals surface area contributed by atoms with Crippen LogP contribution in [0.25, 0.3) is 0 Å². The fourth-order valence-corrected chi connectivity index (χ4v) is 4.63. The molecule has 154 valence electrons. The molecular weight excluding hydrogens is 391 g/mol. The molecule has 2 aliphatic heterocycles. The number of sulfonamides is 1. The minimum atomic E-state index is -3.88. The van der Waals surface area contributed by atoms with Gasteiger partial charge >= 0.3 is 5.97 Å². The van der Waals surface area contributed by atoms with Crippen molar-refractivity contribution in [2.45, 2.75) is 24.2 Å². The Balaban J connectivity index is 1.70. The van der Waals surface area contributed by atoms with Gasteiger partial charge in [0.05, 0.1) is 23.7 Å². The number of benzene rings is 1. The normalized spacial score (nSPS) is 18.7. The number of likely N-dealkylation sites (tertiary alicyclic amines) is 1. The summed E-state index contributed by atoms with van der Waals surface area (Å²) >= 11 is 0. The van der Waals surface area contributed by atoms with Crippen LogP contribution in [-0.2, 0) is 24.3 Å². The Hall–Kier alpha value is -2.04. The zero-order valence-corrected chi connectivity index (χ0v) is 16.2. The third kappa shape index (κ3) is 4.68.